The van der Waals surface area contributed by atoms with Gasteiger partial charge in [0.25, 0.3) is 5.91 Å². The van der Waals surface area contributed by atoms with Crippen molar-refractivity contribution < 1.29 is 28.5 Å². The molecule has 1 N–H and O–H groups in total. The highest BCUT2D eigenvalue weighted by Gasteiger charge is 2.18. The van der Waals surface area contributed by atoms with Gasteiger partial charge in [0.2, 0.25) is 5.75 Å². The maximum Gasteiger partial charge on any atom is 0.343 e. The summed E-state index contributed by atoms with van der Waals surface area (Å²) in [5.41, 5.74) is 4.57. The lowest BCUT2D eigenvalue weighted by molar-refractivity contribution is 0.0733. The van der Waals surface area contributed by atoms with Gasteiger partial charge in [0.1, 0.15) is 11.4 Å². The molecule has 1 heterocycles. The van der Waals surface area contributed by atoms with Gasteiger partial charge in [-0.3, -0.25) is 9.78 Å². The van der Waals surface area contributed by atoms with Crippen LogP contribution in [0.1, 0.15) is 38.9 Å². The van der Waals surface area contributed by atoms with E-state index in [0.717, 1.165) is 12.0 Å². The van der Waals surface area contributed by atoms with Gasteiger partial charge in [-0.1, -0.05) is 25.1 Å². The lowest BCUT2D eigenvalue weighted by atomic mass is 10.1. The molecule has 0 aliphatic heterocycles. The van der Waals surface area contributed by atoms with Crippen molar-refractivity contribution in [3.8, 4) is 23.0 Å². The number of amides is 1. The Morgan fingerprint density at radius 2 is 1.74 bits per heavy atom. The maximum atomic E-state index is 12.7. The summed E-state index contributed by atoms with van der Waals surface area (Å²) >= 11 is 0. The summed E-state index contributed by atoms with van der Waals surface area (Å²) in [5, 5.41) is 3.95. The number of carbonyl (C=O) groups excluding carboxylic acids is 2. The molecule has 0 atom stereocenters. The van der Waals surface area contributed by atoms with E-state index in [1.807, 2.05) is 13.0 Å². The molecular formula is C25H25N3O6. The number of aryl methyl sites for hydroxylation is 1. The van der Waals surface area contributed by atoms with Crippen LogP contribution in [0.15, 0.2) is 59.8 Å². The average molecular weight is 463 g/mol. The number of pyridine rings is 1. The molecule has 2 aromatic carbocycles. The molecule has 0 bridgehead atoms. The molecule has 0 aliphatic rings. The zero-order valence-corrected chi connectivity index (χ0v) is 19.3. The molecule has 176 valence electrons. The summed E-state index contributed by atoms with van der Waals surface area (Å²) in [6.07, 6.45) is 3.94. The van der Waals surface area contributed by atoms with Crippen molar-refractivity contribution in [2.45, 2.75) is 13.3 Å². The van der Waals surface area contributed by atoms with Crippen molar-refractivity contribution >= 4 is 18.1 Å². The van der Waals surface area contributed by atoms with Crippen molar-refractivity contribution in [1.82, 2.24) is 10.4 Å². The Bertz CT molecular complexity index is 1170. The lowest BCUT2D eigenvalue weighted by Crippen LogP contribution is -2.19. The van der Waals surface area contributed by atoms with E-state index in [1.54, 1.807) is 36.5 Å². The predicted molar refractivity (Wildman–Crippen MR) is 126 cm³/mol. The number of hydrazone groups is 1. The van der Waals surface area contributed by atoms with Gasteiger partial charge < -0.3 is 18.9 Å². The normalized spacial score (nSPS) is 10.6. The predicted octanol–water partition coefficient (Wildman–Crippen LogP) is 3.65. The molecule has 0 fully saturated rings. The lowest BCUT2D eigenvalue weighted by Gasteiger charge is -2.13. The van der Waals surface area contributed by atoms with Gasteiger partial charge in [0.15, 0.2) is 11.5 Å². The third-order valence-corrected chi connectivity index (χ3v) is 4.81. The Labute approximate surface area is 197 Å². The van der Waals surface area contributed by atoms with Crippen molar-refractivity contribution in [3.05, 3.63) is 77.1 Å². The number of rotatable bonds is 9. The highest BCUT2D eigenvalue weighted by atomic mass is 16.5. The first kappa shape index (κ1) is 24.2. The van der Waals surface area contributed by atoms with Crippen LogP contribution < -0.4 is 24.4 Å². The van der Waals surface area contributed by atoms with Crippen molar-refractivity contribution in [1.29, 1.82) is 0 Å². The van der Waals surface area contributed by atoms with Gasteiger partial charge in [-0.25, -0.2) is 10.2 Å². The van der Waals surface area contributed by atoms with E-state index < -0.39 is 11.9 Å². The third kappa shape index (κ3) is 5.89. The van der Waals surface area contributed by atoms with Crippen LogP contribution in [0.4, 0.5) is 0 Å². The van der Waals surface area contributed by atoms with E-state index in [9.17, 15) is 9.59 Å². The van der Waals surface area contributed by atoms with Crippen LogP contribution >= 0.6 is 0 Å². The number of esters is 1. The van der Waals surface area contributed by atoms with E-state index in [2.05, 4.69) is 15.5 Å². The standard InChI is InChI=1S/C25H25N3O6/c1-5-16-9-10-20(26-14-16)24(29)28-27-15-17-7-6-8-19(11-17)34-25(30)18-12-21(31-2)23(33-4)22(13-18)32-3/h6-15H,5H2,1-4H3,(H,28,29). The summed E-state index contributed by atoms with van der Waals surface area (Å²) in [7, 11) is 4.40. The minimum atomic E-state index is -0.608. The van der Waals surface area contributed by atoms with Crippen molar-refractivity contribution in [2.75, 3.05) is 21.3 Å². The zero-order valence-electron chi connectivity index (χ0n) is 19.3. The SMILES string of the molecule is CCc1ccc(C(=O)NN=Cc2cccc(OC(=O)c3cc(OC)c(OC)c(OC)c3)c2)nc1. The molecule has 3 aromatic rings. The largest absolute Gasteiger partial charge is 0.493 e. The minimum absolute atomic E-state index is 0.224. The quantitative estimate of drug-likeness (QED) is 0.223. The summed E-state index contributed by atoms with van der Waals surface area (Å²) in [6, 6.07) is 13.2. The Kier molecular flexibility index (Phi) is 8.17. The second kappa shape index (κ2) is 11.5. The molecule has 1 amide bonds. The van der Waals surface area contributed by atoms with Gasteiger partial charge in [-0.05, 0) is 47.9 Å². The Balaban J connectivity index is 1.68. The van der Waals surface area contributed by atoms with Crippen molar-refractivity contribution in [3.63, 3.8) is 0 Å². The fourth-order valence-corrected chi connectivity index (χ4v) is 3.01. The van der Waals surface area contributed by atoms with E-state index in [4.69, 9.17) is 18.9 Å². The first-order valence-electron chi connectivity index (χ1n) is 10.4. The first-order chi connectivity index (χ1) is 16.5. The first-order valence-corrected chi connectivity index (χ1v) is 10.4. The number of benzene rings is 2. The Hall–Kier alpha value is -4.40. The maximum absolute atomic E-state index is 12.7. The molecule has 0 spiro atoms. The van der Waals surface area contributed by atoms with Crippen LogP contribution in [0.3, 0.4) is 0 Å². The number of aromatic nitrogens is 1. The molecular weight excluding hydrogens is 438 g/mol. The van der Waals surface area contributed by atoms with Gasteiger partial charge in [-0.2, -0.15) is 5.10 Å². The van der Waals surface area contributed by atoms with Crippen LogP contribution in [-0.2, 0) is 6.42 Å². The van der Waals surface area contributed by atoms with E-state index in [0.29, 0.717) is 28.6 Å². The molecule has 0 saturated heterocycles. The van der Waals surface area contributed by atoms with Crippen LogP contribution in [0.5, 0.6) is 23.0 Å². The Morgan fingerprint density at radius 1 is 1.00 bits per heavy atom. The Morgan fingerprint density at radius 3 is 2.32 bits per heavy atom. The summed E-state index contributed by atoms with van der Waals surface area (Å²) in [6.45, 7) is 2.01. The number of nitrogens with zero attached hydrogens (tertiary/aromatic N) is 2. The van der Waals surface area contributed by atoms with Crippen LogP contribution in [0.25, 0.3) is 0 Å². The highest BCUT2D eigenvalue weighted by Crippen LogP contribution is 2.38. The third-order valence-electron chi connectivity index (χ3n) is 4.81. The number of nitrogens with one attached hydrogen (secondary N) is 1. The van der Waals surface area contributed by atoms with Crippen LogP contribution in [0.2, 0.25) is 0 Å². The van der Waals surface area contributed by atoms with Crippen LogP contribution in [0, 0.1) is 0 Å². The van der Waals surface area contributed by atoms with Gasteiger partial charge >= 0.3 is 5.97 Å². The number of hydrogen-bond donors (Lipinski definition) is 1. The molecule has 0 saturated carbocycles. The second-order valence-corrected chi connectivity index (χ2v) is 6.98. The number of carbonyl (C=O) groups is 2. The van der Waals surface area contributed by atoms with E-state index in [-0.39, 0.29) is 11.3 Å². The van der Waals surface area contributed by atoms with Gasteiger partial charge in [0, 0.05) is 6.20 Å². The fraction of sp³-hybridized carbons (Fsp3) is 0.200. The smallest absolute Gasteiger partial charge is 0.343 e. The van der Waals surface area contributed by atoms with E-state index >= 15 is 0 Å². The molecule has 9 nitrogen and oxygen atoms in total. The zero-order chi connectivity index (χ0) is 24.5. The highest BCUT2D eigenvalue weighted by molar-refractivity contribution is 5.94. The molecule has 0 aliphatic carbocycles. The minimum Gasteiger partial charge on any atom is -0.493 e. The fourth-order valence-electron chi connectivity index (χ4n) is 3.01. The molecule has 0 unspecified atom stereocenters. The summed E-state index contributed by atoms with van der Waals surface area (Å²) < 4.78 is 21.3. The van der Waals surface area contributed by atoms with Crippen LogP contribution in [-0.4, -0.2) is 44.4 Å². The number of ether oxygens (including phenoxy) is 4. The average Bonchev–Trinajstić information content (AvgIpc) is 2.87. The molecule has 3 rings (SSSR count). The second-order valence-electron chi connectivity index (χ2n) is 6.98. The van der Waals surface area contributed by atoms with Gasteiger partial charge in [0.05, 0.1) is 33.1 Å². The molecule has 34 heavy (non-hydrogen) atoms. The summed E-state index contributed by atoms with van der Waals surface area (Å²) in [4.78, 5) is 29.0. The monoisotopic (exact) mass is 463 g/mol. The molecule has 0 radical (unpaired) electrons. The summed E-state index contributed by atoms with van der Waals surface area (Å²) in [5.74, 6) is 0.310. The topological polar surface area (TPSA) is 108 Å². The molecule has 1 aromatic heterocycles. The van der Waals surface area contributed by atoms with Crippen molar-refractivity contribution in [2.24, 2.45) is 5.10 Å². The van der Waals surface area contributed by atoms with E-state index in [1.165, 1.54) is 39.7 Å². The number of hydrogen-bond acceptors (Lipinski definition) is 8. The molecule has 9 heteroatoms. The van der Waals surface area contributed by atoms with Gasteiger partial charge in [-0.15, -0.1) is 0 Å². The number of methoxy groups -OCH3 is 3.